The predicted molar refractivity (Wildman–Crippen MR) is 113 cm³/mol. The Morgan fingerprint density at radius 1 is 1.53 bits per heavy atom. The monoisotopic (exact) mass is 471 g/mol. The van der Waals surface area contributed by atoms with E-state index in [9.17, 15) is 19.5 Å². The lowest BCUT2D eigenvalue weighted by atomic mass is 10.0. The second-order valence-electron chi connectivity index (χ2n) is 5.74. The number of fused-ring (bicyclic) bond motifs is 1. The number of hydrogen-bond donors (Lipinski definition) is 4. The molecule has 2 aliphatic rings. The minimum atomic E-state index is -1.22. The summed E-state index contributed by atoms with van der Waals surface area (Å²) in [5, 5.41) is 17.0. The molecule has 1 aromatic rings. The molecule has 1 unspecified atom stereocenters. The Hall–Kier alpha value is -2.62. The number of aromatic nitrogens is 2. The molecule has 0 saturated carbocycles. The number of carboxylic acid groups (broad SMARTS) is 1. The molecule has 0 bridgehead atoms. The molecule has 15 heteroatoms. The molecule has 0 radical (unpaired) electrons. The van der Waals surface area contributed by atoms with Crippen molar-refractivity contribution in [2.75, 3.05) is 25.1 Å². The maximum Gasteiger partial charge on any atom is 0.353 e. The number of amides is 2. The van der Waals surface area contributed by atoms with Gasteiger partial charge in [-0.05, 0) is 5.41 Å². The molecule has 3 heterocycles. The lowest BCUT2D eigenvalue weighted by molar-refractivity contribution is -0.150. The summed E-state index contributed by atoms with van der Waals surface area (Å²) < 4.78 is 3.92. The van der Waals surface area contributed by atoms with E-state index < -0.39 is 29.2 Å². The molecule has 0 aliphatic carbocycles. The lowest BCUT2D eigenvalue weighted by Crippen LogP contribution is -2.71. The average molecular weight is 472 g/mol. The zero-order chi connectivity index (χ0) is 21.8. The quantitative estimate of drug-likeness (QED) is 0.215. The number of hydrogen-bond acceptors (Lipinski definition) is 12. The molecule has 2 atom stereocenters. The van der Waals surface area contributed by atoms with Crippen molar-refractivity contribution in [2.24, 2.45) is 10.9 Å². The third-order valence-corrected chi connectivity index (χ3v) is 6.87. The van der Waals surface area contributed by atoms with E-state index in [1.165, 1.54) is 35.5 Å². The maximum absolute atomic E-state index is 12.7. The zero-order valence-electron chi connectivity index (χ0n) is 15.5. The first-order chi connectivity index (χ1) is 14.4. The summed E-state index contributed by atoms with van der Waals surface area (Å²) in [6, 6.07) is -0.930. The number of carbonyl (C=O) groups excluding carboxylic acids is 2. The second kappa shape index (κ2) is 9.46. The molecule has 1 aromatic heterocycles. The van der Waals surface area contributed by atoms with Crippen LogP contribution in [-0.4, -0.2) is 73.7 Å². The molecule has 0 aromatic carbocycles. The number of β-lactam (4-membered cyclic amide) rings is 1. The molecule has 6 N–H and O–H groups in total. The van der Waals surface area contributed by atoms with Crippen LogP contribution in [0.1, 0.15) is 5.82 Å². The highest BCUT2D eigenvalue weighted by atomic mass is 32.2. The van der Waals surface area contributed by atoms with Crippen molar-refractivity contribution in [3.05, 3.63) is 27.9 Å². The van der Waals surface area contributed by atoms with Gasteiger partial charge in [0.25, 0.3) is 11.8 Å². The van der Waals surface area contributed by atoms with Gasteiger partial charge in [-0.25, -0.2) is 4.79 Å². The Bertz CT molecular complexity index is 960. The summed E-state index contributed by atoms with van der Waals surface area (Å²) in [4.78, 5) is 47.4. The van der Waals surface area contributed by atoms with Crippen LogP contribution in [0.25, 0.3) is 0 Å². The van der Waals surface area contributed by atoms with Crippen LogP contribution >= 0.6 is 35.1 Å². The van der Waals surface area contributed by atoms with Crippen LogP contribution in [-0.2, 0) is 19.2 Å². The van der Waals surface area contributed by atoms with Gasteiger partial charge in [-0.3, -0.25) is 14.5 Å². The van der Waals surface area contributed by atoms with Crippen LogP contribution < -0.4 is 16.8 Å². The number of carbonyl (C=O) groups is 3. The topological polar surface area (TPSA) is 186 Å². The number of rotatable bonds is 8. The van der Waals surface area contributed by atoms with Crippen LogP contribution in [0.2, 0.25) is 0 Å². The van der Waals surface area contributed by atoms with E-state index in [2.05, 4.69) is 24.7 Å². The number of thioether (sulfide) groups is 2. The van der Waals surface area contributed by atoms with Gasteiger partial charge in [-0.2, -0.15) is 9.36 Å². The van der Waals surface area contributed by atoms with Crippen LogP contribution in [0.3, 0.4) is 0 Å². The first-order valence-electron chi connectivity index (χ1n) is 8.33. The number of oxime groups is 1. The highest BCUT2D eigenvalue weighted by Crippen LogP contribution is 2.43. The van der Waals surface area contributed by atoms with Crippen LogP contribution in [0.4, 0.5) is 5.13 Å². The van der Waals surface area contributed by atoms with Crippen LogP contribution in [0, 0.1) is 0 Å². The highest BCUT2D eigenvalue weighted by Gasteiger charge is 2.54. The van der Waals surface area contributed by atoms with Crippen molar-refractivity contribution in [3.8, 4) is 0 Å². The lowest BCUT2D eigenvalue weighted by Gasteiger charge is -2.49. The van der Waals surface area contributed by atoms with E-state index in [1.807, 2.05) is 0 Å². The summed E-state index contributed by atoms with van der Waals surface area (Å²) in [6.45, 7) is 0.320. The number of anilines is 1. The van der Waals surface area contributed by atoms with E-state index in [-0.39, 0.29) is 22.4 Å². The Morgan fingerprint density at radius 3 is 2.90 bits per heavy atom. The van der Waals surface area contributed by atoms with E-state index >= 15 is 0 Å². The van der Waals surface area contributed by atoms with Gasteiger partial charge in [0, 0.05) is 28.7 Å². The Morgan fingerprint density at radius 2 is 2.30 bits per heavy atom. The van der Waals surface area contributed by atoms with Gasteiger partial charge in [0.2, 0.25) is 11.5 Å². The molecule has 1 saturated heterocycles. The number of nitrogens with two attached hydrogens (primary N) is 2. The Labute approximate surface area is 182 Å². The number of nitrogens with zero attached hydrogens (tertiary/aromatic N) is 4. The van der Waals surface area contributed by atoms with Crippen molar-refractivity contribution in [1.29, 1.82) is 0 Å². The van der Waals surface area contributed by atoms with Crippen molar-refractivity contribution >= 4 is 63.7 Å². The number of nitrogens with one attached hydrogen (secondary N) is 1. The summed E-state index contributed by atoms with van der Waals surface area (Å²) in [7, 11) is 1.25. The SMILES string of the molecule is CO/N=C(\C(=O)NC1C(=O)N2C(C(=O)O)=C(S/C=C\CN)CS[C@H]12)c1nsc(N)n1. The molecule has 0 spiro atoms. The van der Waals surface area contributed by atoms with E-state index in [0.29, 0.717) is 17.2 Å². The van der Waals surface area contributed by atoms with Crippen LogP contribution in [0.15, 0.2) is 27.2 Å². The Kier molecular flexibility index (Phi) is 6.96. The first kappa shape index (κ1) is 22.1. The maximum atomic E-state index is 12.7. The largest absolute Gasteiger partial charge is 0.477 e. The Balaban J connectivity index is 1.77. The van der Waals surface area contributed by atoms with Gasteiger partial charge in [0.15, 0.2) is 5.13 Å². The van der Waals surface area contributed by atoms with E-state index in [4.69, 9.17) is 11.5 Å². The van der Waals surface area contributed by atoms with Gasteiger partial charge >= 0.3 is 5.97 Å². The van der Waals surface area contributed by atoms with Gasteiger partial charge < -0.3 is 26.7 Å². The van der Waals surface area contributed by atoms with Gasteiger partial charge in [-0.1, -0.05) is 23.0 Å². The van der Waals surface area contributed by atoms with Crippen molar-refractivity contribution in [1.82, 2.24) is 19.6 Å². The smallest absolute Gasteiger partial charge is 0.353 e. The molecule has 2 amide bonds. The number of aliphatic carboxylic acids is 1. The van der Waals surface area contributed by atoms with Gasteiger partial charge in [0.05, 0.1) is 0 Å². The third kappa shape index (κ3) is 4.28. The summed E-state index contributed by atoms with van der Waals surface area (Å²) in [5.41, 5.74) is 10.6. The fraction of sp³-hybridized carbons (Fsp3) is 0.333. The third-order valence-electron chi connectivity index (χ3n) is 3.92. The predicted octanol–water partition coefficient (Wildman–Crippen LogP) is -0.627. The van der Waals surface area contributed by atoms with Crippen LogP contribution in [0.5, 0.6) is 0 Å². The molecule has 2 aliphatic heterocycles. The molecule has 160 valence electrons. The highest BCUT2D eigenvalue weighted by molar-refractivity contribution is 8.08. The molecular weight excluding hydrogens is 454 g/mol. The summed E-state index contributed by atoms with van der Waals surface area (Å²) in [6.07, 6.45) is 1.69. The van der Waals surface area contributed by atoms with E-state index in [1.54, 1.807) is 11.5 Å². The van der Waals surface area contributed by atoms with Crippen molar-refractivity contribution in [2.45, 2.75) is 11.4 Å². The average Bonchev–Trinajstić information content (AvgIpc) is 3.15. The first-order valence-corrected chi connectivity index (χ1v) is 11.0. The molecule has 3 rings (SSSR count). The van der Waals surface area contributed by atoms with Crippen molar-refractivity contribution < 1.29 is 24.3 Å². The number of nitrogen functional groups attached to an aromatic ring is 1. The second-order valence-corrected chi connectivity index (χ2v) is 8.63. The molecule has 1 fully saturated rings. The minimum Gasteiger partial charge on any atom is -0.477 e. The number of carboxylic acids is 1. The summed E-state index contributed by atoms with van der Waals surface area (Å²) >= 11 is 3.42. The van der Waals surface area contributed by atoms with E-state index in [0.717, 1.165) is 11.5 Å². The molecule has 30 heavy (non-hydrogen) atoms. The molecule has 12 nitrogen and oxygen atoms in total. The molecular formula is C15H17N7O5S3. The standard InChI is InChI=1S/C15H17N7O5S3/c1-27-20-7(10-19-15(17)30-21-10)11(23)18-8-12(24)22-9(14(25)26)6(5-29-13(8)22)28-4-2-3-16/h2,4,8,13H,3,5,16H2,1H3,(H,18,23)(H,25,26)(H2,17,19,21)/b4-2-,20-7-/t8?,13-/m1/s1. The fourth-order valence-corrected chi connectivity index (χ4v) is 5.46. The fourth-order valence-electron chi connectivity index (χ4n) is 2.68. The van der Waals surface area contributed by atoms with Crippen molar-refractivity contribution in [3.63, 3.8) is 0 Å². The normalized spacial score (nSPS) is 21.5. The minimum absolute atomic E-state index is 0.0340. The van der Waals surface area contributed by atoms with Gasteiger partial charge in [-0.15, -0.1) is 11.8 Å². The zero-order valence-corrected chi connectivity index (χ0v) is 17.9. The summed E-state index contributed by atoms with van der Waals surface area (Å²) in [5.74, 6) is -2.16. The van der Waals surface area contributed by atoms with Gasteiger partial charge in [0.1, 0.15) is 24.2 Å².